The summed E-state index contributed by atoms with van der Waals surface area (Å²) >= 11 is 0. The van der Waals surface area contributed by atoms with Gasteiger partial charge in [0.2, 0.25) is 0 Å². The van der Waals surface area contributed by atoms with Gasteiger partial charge in [0.15, 0.2) is 5.65 Å². The predicted octanol–water partition coefficient (Wildman–Crippen LogP) is 4.63. The fourth-order valence-electron chi connectivity index (χ4n) is 4.34. The van der Waals surface area contributed by atoms with Crippen molar-refractivity contribution in [2.24, 2.45) is 0 Å². The van der Waals surface area contributed by atoms with E-state index in [0.29, 0.717) is 5.56 Å². The molecule has 5 heteroatoms. The third kappa shape index (κ3) is 2.73. The number of aromatic nitrogens is 3. The van der Waals surface area contributed by atoms with Gasteiger partial charge < -0.3 is 4.90 Å². The van der Waals surface area contributed by atoms with Crippen LogP contribution >= 0.6 is 0 Å². The zero-order chi connectivity index (χ0) is 20.1. The standard InChI is InChI=1S/C24H22N4O/c1-15-13-20(24(29)27-16(2)14-18-9-7-8-12-21(18)27)22-17(3)26-28(23(22)25-15)19-10-5-4-6-11-19/h4-13,16H,14H2,1-3H3/t16-/m0/s1. The summed E-state index contributed by atoms with van der Waals surface area (Å²) in [6.45, 7) is 5.97. The maximum Gasteiger partial charge on any atom is 0.259 e. The minimum absolute atomic E-state index is 0.00802. The zero-order valence-electron chi connectivity index (χ0n) is 16.8. The van der Waals surface area contributed by atoms with Gasteiger partial charge in [-0.05, 0) is 57.0 Å². The number of hydrogen-bond acceptors (Lipinski definition) is 3. The first-order chi connectivity index (χ1) is 14.0. The minimum atomic E-state index is 0.00802. The maximum atomic E-state index is 13.7. The second-order valence-electron chi connectivity index (χ2n) is 7.70. The van der Waals surface area contributed by atoms with E-state index in [1.54, 1.807) is 0 Å². The second-order valence-corrected chi connectivity index (χ2v) is 7.70. The lowest BCUT2D eigenvalue weighted by atomic mass is 10.1. The molecule has 5 nitrogen and oxygen atoms in total. The number of amides is 1. The summed E-state index contributed by atoms with van der Waals surface area (Å²) in [6.07, 6.45) is 0.872. The quantitative estimate of drug-likeness (QED) is 0.508. The van der Waals surface area contributed by atoms with Crippen LogP contribution < -0.4 is 4.90 Å². The molecule has 0 N–H and O–H groups in total. The Balaban J connectivity index is 1.70. The maximum absolute atomic E-state index is 13.7. The molecule has 29 heavy (non-hydrogen) atoms. The number of nitrogens with zero attached hydrogens (tertiary/aromatic N) is 4. The summed E-state index contributed by atoms with van der Waals surface area (Å²) in [4.78, 5) is 20.4. The van der Waals surface area contributed by atoms with E-state index in [-0.39, 0.29) is 11.9 Å². The fraction of sp³-hybridized carbons (Fsp3) is 0.208. The van der Waals surface area contributed by atoms with E-state index in [2.05, 4.69) is 13.0 Å². The Hall–Kier alpha value is -3.47. The highest BCUT2D eigenvalue weighted by molar-refractivity contribution is 6.15. The van der Waals surface area contributed by atoms with Gasteiger partial charge in [0.1, 0.15) is 0 Å². The number of rotatable bonds is 2. The molecule has 0 saturated heterocycles. The van der Waals surface area contributed by atoms with Crippen LogP contribution in [0.4, 0.5) is 5.69 Å². The number of hydrogen-bond donors (Lipinski definition) is 0. The van der Waals surface area contributed by atoms with Crippen molar-refractivity contribution in [2.75, 3.05) is 4.90 Å². The topological polar surface area (TPSA) is 51.0 Å². The Morgan fingerprint density at radius 2 is 1.76 bits per heavy atom. The van der Waals surface area contributed by atoms with Gasteiger partial charge in [-0.3, -0.25) is 4.79 Å². The highest BCUT2D eigenvalue weighted by Gasteiger charge is 2.33. The van der Waals surface area contributed by atoms with Crippen molar-refractivity contribution in [3.63, 3.8) is 0 Å². The van der Waals surface area contributed by atoms with Crippen molar-refractivity contribution in [2.45, 2.75) is 33.2 Å². The molecule has 0 saturated carbocycles. The highest BCUT2D eigenvalue weighted by atomic mass is 16.2. The van der Waals surface area contributed by atoms with E-state index in [1.165, 1.54) is 5.56 Å². The molecule has 2 aromatic carbocycles. The van der Waals surface area contributed by atoms with Crippen LogP contribution in [-0.4, -0.2) is 26.7 Å². The van der Waals surface area contributed by atoms with E-state index < -0.39 is 0 Å². The van der Waals surface area contributed by atoms with E-state index in [9.17, 15) is 4.79 Å². The van der Waals surface area contributed by atoms with E-state index in [1.807, 2.05) is 78.0 Å². The van der Waals surface area contributed by atoms with E-state index in [4.69, 9.17) is 10.1 Å². The fourth-order valence-corrected chi connectivity index (χ4v) is 4.34. The SMILES string of the molecule is Cc1cc(C(=O)N2c3ccccc3C[C@@H]2C)c2c(C)nn(-c3ccccc3)c2n1. The number of anilines is 1. The van der Waals surface area contributed by atoms with Gasteiger partial charge in [0.25, 0.3) is 5.91 Å². The molecule has 0 aliphatic carbocycles. The summed E-state index contributed by atoms with van der Waals surface area (Å²) < 4.78 is 1.83. The lowest BCUT2D eigenvalue weighted by molar-refractivity contribution is 0.0983. The van der Waals surface area contributed by atoms with Crippen LogP contribution in [-0.2, 0) is 6.42 Å². The molecule has 1 aliphatic rings. The number of carbonyl (C=O) groups excluding carboxylic acids is 1. The molecule has 4 aromatic rings. The monoisotopic (exact) mass is 382 g/mol. The van der Waals surface area contributed by atoms with Gasteiger partial charge in [0.05, 0.1) is 22.3 Å². The van der Waals surface area contributed by atoms with Crippen LogP contribution in [0.1, 0.15) is 34.2 Å². The number of benzene rings is 2. The van der Waals surface area contributed by atoms with Crippen LogP contribution in [0.2, 0.25) is 0 Å². The Morgan fingerprint density at radius 3 is 2.55 bits per heavy atom. The molecule has 1 aliphatic heterocycles. The molecule has 0 bridgehead atoms. The van der Waals surface area contributed by atoms with E-state index in [0.717, 1.165) is 40.2 Å². The Bertz CT molecular complexity index is 1240. The molecular formula is C24H22N4O. The number of para-hydroxylation sites is 2. The van der Waals surface area contributed by atoms with Crippen LogP contribution in [0.15, 0.2) is 60.7 Å². The van der Waals surface area contributed by atoms with Crippen LogP contribution in [0.25, 0.3) is 16.7 Å². The van der Waals surface area contributed by atoms with Crippen molar-refractivity contribution in [1.29, 1.82) is 0 Å². The number of carbonyl (C=O) groups is 1. The minimum Gasteiger partial charge on any atom is -0.305 e. The van der Waals surface area contributed by atoms with Crippen molar-refractivity contribution in [3.8, 4) is 5.69 Å². The van der Waals surface area contributed by atoms with Crippen LogP contribution in [0.5, 0.6) is 0 Å². The number of pyridine rings is 1. The summed E-state index contributed by atoms with van der Waals surface area (Å²) in [5.41, 5.74) is 6.14. The molecule has 3 heterocycles. The second kappa shape index (κ2) is 6.55. The first-order valence-corrected chi connectivity index (χ1v) is 9.88. The first-order valence-electron chi connectivity index (χ1n) is 9.88. The van der Waals surface area contributed by atoms with Crippen molar-refractivity contribution >= 4 is 22.6 Å². The molecule has 0 radical (unpaired) electrons. The molecule has 144 valence electrons. The molecule has 5 rings (SSSR count). The number of fused-ring (bicyclic) bond motifs is 2. The average Bonchev–Trinajstić information content (AvgIpc) is 3.23. The van der Waals surface area contributed by atoms with Gasteiger partial charge in [-0.25, -0.2) is 9.67 Å². The average molecular weight is 382 g/mol. The van der Waals surface area contributed by atoms with Crippen LogP contribution in [0.3, 0.4) is 0 Å². The molecule has 0 fully saturated rings. The van der Waals surface area contributed by atoms with Gasteiger partial charge in [-0.1, -0.05) is 36.4 Å². The third-order valence-electron chi connectivity index (χ3n) is 5.60. The van der Waals surface area contributed by atoms with Gasteiger partial charge in [-0.15, -0.1) is 0 Å². The van der Waals surface area contributed by atoms with Crippen molar-refractivity contribution in [1.82, 2.24) is 14.8 Å². The summed E-state index contributed by atoms with van der Waals surface area (Å²) in [5.74, 6) is 0.00802. The summed E-state index contributed by atoms with van der Waals surface area (Å²) in [7, 11) is 0. The predicted molar refractivity (Wildman–Crippen MR) is 115 cm³/mol. The van der Waals surface area contributed by atoms with Gasteiger partial charge in [0, 0.05) is 17.4 Å². The first kappa shape index (κ1) is 17.6. The molecule has 1 atom stereocenters. The molecular weight excluding hydrogens is 360 g/mol. The Labute approximate surface area is 169 Å². The van der Waals surface area contributed by atoms with Crippen molar-refractivity contribution in [3.05, 3.63) is 83.2 Å². The molecule has 0 unspecified atom stereocenters. The third-order valence-corrected chi connectivity index (χ3v) is 5.60. The lowest BCUT2D eigenvalue weighted by Crippen LogP contribution is -2.36. The normalized spacial score (nSPS) is 15.7. The summed E-state index contributed by atoms with van der Waals surface area (Å²) in [6, 6.07) is 20.1. The lowest BCUT2D eigenvalue weighted by Gasteiger charge is -2.23. The van der Waals surface area contributed by atoms with Crippen molar-refractivity contribution < 1.29 is 4.79 Å². The Morgan fingerprint density at radius 1 is 1.03 bits per heavy atom. The molecule has 0 spiro atoms. The Kier molecular flexibility index (Phi) is 3.98. The smallest absolute Gasteiger partial charge is 0.259 e. The number of aryl methyl sites for hydroxylation is 2. The highest BCUT2D eigenvalue weighted by Crippen LogP contribution is 2.35. The van der Waals surface area contributed by atoms with Gasteiger partial charge >= 0.3 is 0 Å². The summed E-state index contributed by atoms with van der Waals surface area (Å²) in [5, 5.41) is 5.54. The molecule has 2 aromatic heterocycles. The molecule has 1 amide bonds. The largest absolute Gasteiger partial charge is 0.305 e. The zero-order valence-corrected chi connectivity index (χ0v) is 16.8. The van der Waals surface area contributed by atoms with E-state index >= 15 is 0 Å². The van der Waals surface area contributed by atoms with Gasteiger partial charge in [-0.2, -0.15) is 5.10 Å². The van der Waals surface area contributed by atoms with Crippen LogP contribution in [0, 0.1) is 13.8 Å².